The van der Waals surface area contributed by atoms with E-state index >= 15 is 0 Å². The number of H-pyrrole nitrogens is 1. The van der Waals surface area contributed by atoms with Crippen LogP contribution in [-0.2, 0) is 0 Å². The summed E-state index contributed by atoms with van der Waals surface area (Å²) < 4.78 is 2.10. The van der Waals surface area contributed by atoms with Gasteiger partial charge >= 0.3 is 0 Å². The van der Waals surface area contributed by atoms with Gasteiger partial charge in [-0.1, -0.05) is 0 Å². The third kappa shape index (κ3) is 3.33. The van der Waals surface area contributed by atoms with Crippen molar-refractivity contribution < 1.29 is 0 Å². The van der Waals surface area contributed by atoms with Gasteiger partial charge in [-0.05, 0) is 63.6 Å². The van der Waals surface area contributed by atoms with Crippen LogP contribution in [0.1, 0.15) is 19.8 Å². The van der Waals surface area contributed by atoms with Gasteiger partial charge in [-0.15, -0.1) is 16.4 Å². The van der Waals surface area contributed by atoms with Crippen molar-refractivity contribution in [1.82, 2.24) is 15.2 Å². The van der Waals surface area contributed by atoms with Crippen LogP contribution in [0.15, 0.2) is 14.3 Å². The predicted molar refractivity (Wildman–Crippen MR) is 93.7 cm³/mol. The summed E-state index contributed by atoms with van der Waals surface area (Å²) in [5.74, 6) is 2.22. The summed E-state index contributed by atoms with van der Waals surface area (Å²) in [4.78, 5) is 7.93. The minimum absolute atomic E-state index is 0.274. The van der Waals surface area contributed by atoms with Gasteiger partial charge in [0.1, 0.15) is 0 Å². The lowest BCUT2D eigenvalue weighted by atomic mass is 9.91. The van der Waals surface area contributed by atoms with Crippen molar-refractivity contribution >= 4 is 49.1 Å². The largest absolute Gasteiger partial charge is 0.340 e. The van der Waals surface area contributed by atoms with Gasteiger partial charge in [0.15, 0.2) is 5.82 Å². The van der Waals surface area contributed by atoms with E-state index in [0.717, 1.165) is 50.8 Å². The summed E-state index contributed by atoms with van der Waals surface area (Å²) in [7, 11) is 0. The Morgan fingerprint density at radius 1 is 1.43 bits per heavy atom. The number of thiophene rings is 1. The molecule has 0 amide bonds. The monoisotopic (exact) mass is 433 g/mol. The van der Waals surface area contributed by atoms with Gasteiger partial charge in [0.25, 0.3) is 0 Å². The van der Waals surface area contributed by atoms with Crippen LogP contribution >= 0.6 is 43.2 Å². The average Bonchev–Trinajstić information content (AvgIpc) is 3.07. The van der Waals surface area contributed by atoms with Crippen LogP contribution in [-0.4, -0.2) is 34.3 Å². The average molecular weight is 435 g/mol. The highest BCUT2D eigenvalue weighted by Gasteiger charge is 2.24. The molecule has 1 unspecified atom stereocenters. The summed E-state index contributed by atoms with van der Waals surface area (Å²) in [6.07, 6.45) is 2.22. The number of rotatable bonds is 3. The van der Waals surface area contributed by atoms with E-state index in [1.807, 2.05) is 6.07 Å². The summed E-state index contributed by atoms with van der Waals surface area (Å²) >= 11 is 8.63. The Balaban J connectivity index is 1.71. The molecule has 3 heterocycles. The molecule has 2 aromatic heterocycles. The van der Waals surface area contributed by atoms with Gasteiger partial charge in [-0.25, -0.2) is 0 Å². The van der Waals surface area contributed by atoms with Crippen molar-refractivity contribution in [3.63, 3.8) is 0 Å². The standard InChI is InChI=1S/C13H17Br2N5S/c1-7(16)8-2-4-20(5-3-8)13-17-12(18-19-13)10-6-9(14)11(15)21-10/h6-8H,2-5,16H2,1H3,(H,17,18,19). The van der Waals surface area contributed by atoms with E-state index in [9.17, 15) is 0 Å². The molecular formula is C13H17Br2N5S. The summed E-state index contributed by atoms with van der Waals surface area (Å²) in [5, 5.41) is 7.39. The minimum Gasteiger partial charge on any atom is -0.340 e. The molecule has 1 fully saturated rings. The van der Waals surface area contributed by atoms with E-state index in [-0.39, 0.29) is 6.04 Å². The Bertz CT molecular complexity index is 596. The van der Waals surface area contributed by atoms with Crippen LogP contribution in [0.5, 0.6) is 0 Å². The molecule has 114 valence electrons. The molecular weight excluding hydrogens is 418 g/mol. The van der Waals surface area contributed by atoms with Crippen molar-refractivity contribution in [2.45, 2.75) is 25.8 Å². The van der Waals surface area contributed by atoms with Crippen molar-refractivity contribution in [3.05, 3.63) is 14.3 Å². The Labute approximate surface area is 144 Å². The Morgan fingerprint density at radius 2 is 2.14 bits per heavy atom. The number of piperidine rings is 1. The molecule has 1 aliphatic rings. The second-order valence-corrected chi connectivity index (χ2v) is 8.62. The third-order valence-corrected chi connectivity index (χ3v) is 7.18. The lowest BCUT2D eigenvalue weighted by molar-refractivity contribution is 0.352. The number of aromatic amines is 1. The zero-order chi connectivity index (χ0) is 15.0. The third-order valence-electron chi connectivity index (χ3n) is 3.92. The van der Waals surface area contributed by atoms with Gasteiger partial charge in [0, 0.05) is 23.6 Å². The van der Waals surface area contributed by atoms with Crippen molar-refractivity contribution in [1.29, 1.82) is 0 Å². The van der Waals surface area contributed by atoms with Crippen LogP contribution in [0.25, 0.3) is 10.7 Å². The minimum atomic E-state index is 0.274. The van der Waals surface area contributed by atoms with E-state index in [0.29, 0.717) is 5.92 Å². The van der Waals surface area contributed by atoms with Crippen LogP contribution < -0.4 is 10.6 Å². The zero-order valence-corrected chi connectivity index (χ0v) is 15.6. The molecule has 0 spiro atoms. The van der Waals surface area contributed by atoms with Gasteiger partial charge < -0.3 is 10.6 Å². The first kappa shape index (κ1) is 15.5. The maximum atomic E-state index is 5.98. The van der Waals surface area contributed by atoms with E-state index in [1.54, 1.807) is 11.3 Å². The van der Waals surface area contributed by atoms with Crippen LogP contribution in [0.4, 0.5) is 5.95 Å². The number of aromatic nitrogens is 3. The van der Waals surface area contributed by atoms with E-state index in [1.165, 1.54) is 0 Å². The smallest absolute Gasteiger partial charge is 0.245 e. The molecule has 8 heteroatoms. The number of hydrogen-bond acceptors (Lipinski definition) is 5. The number of anilines is 1. The van der Waals surface area contributed by atoms with Crippen molar-refractivity contribution in [2.24, 2.45) is 11.7 Å². The Morgan fingerprint density at radius 3 is 2.71 bits per heavy atom. The number of nitrogens with zero attached hydrogens (tertiary/aromatic N) is 3. The number of hydrogen-bond donors (Lipinski definition) is 2. The number of nitrogens with one attached hydrogen (secondary N) is 1. The quantitative estimate of drug-likeness (QED) is 0.773. The molecule has 0 aromatic carbocycles. The molecule has 0 bridgehead atoms. The lowest BCUT2D eigenvalue weighted by Crippen LogP contribution is -2.40. The second-order valence-electron chi connectivity index (χ2n) is 5.40. The molecule has 0 saturated carbocycles. The molecule has 3 rings (SSSR count). The summed E-state index contributed by atoms with van der Waals surface area (Å²) in [6.45, 7) is 4.04. The van der Waals surface area contributed by atoms with Crippen LogP contribution in [0.3, 0.4) is 0 Å². The first-order valence-corrected chi connectivity index (χ1v) is 9.33. The SMILES string of the molecule is CC(N)C1CCN(c2n[nH]c(-c3cc(Br)c(Br)s3)n2)CC1. The summed E-state index contributed by atoms with van der Waals surface area (Å²) in [5.41, 5.74) is 5.98. The normalized spacial score (nSPS) is 18.2. The van der Waals surface area contributed by atoms with Gasteiger partial charge in [0.05, 0.1) is 8.66 Å². The van der Waals surface area contributed by atoms with Crippen molar-refractivity contribution in [2.75, 3.05) is 18.0 Å². The highest BCUT2D eigenvalue weighted by molar-refractivity contribution is 9.13. The molecule has 1 atom stereocenters. The van der Waals surface area contributed by atoms with Crippen LogP contribution in [0, 0.1) is 5.92 Å². The van der Waals surface area contributed by atoms with E-state index in [2.05, 4.69) is 58.9 Å². The number of halogens is 2. The van der Waals surface area contributed by atoms with E-state index in [4.69, 9.17) is 5.73 Å². The lowest BCUT2D eigenvalue weighted by Gasteiger charge is -2.32. The highest BCUT2D eigenvalue weighted by Crippen LogP contribution is 2.37. The second kappa shape index (κ2) is 6.36. The van der Waals surface area contributed by atoms with Gasteiger partial charge in [-0.3, -0.25) is 5.10 Å². The first-order chi connectivity index (χ1) is 10.0. The Kier molecular flexibility index (Phi) is 4.68. The topological polar surface area (TPSA) is 70.8 Å². The highest BCUT2D eigenvalue weighted by atomic mass is 79.9. The van der Waals surface area contributed by atoms with Gasteiger partial charge in [0.2, 0.25) is 5.95 Å². The first-order valence-electron chi connectivity index (χ1n) is 6.92. The molecule has 1 aliphatic heterocycles. The number of nitrogens with two attached hydrogens (primary N) is 1. The fourth-order valence-electron chi connectivity index (χ4n) is 2.59. The predicted octanol–water partition coefficient (Wildman–Crippen LogP) is 3.62. The molecule has 2 aromatic rings. The molecule has 3 N–H and O–H groups in total. The molecule has 0 aliphatic carbocycles. The maximum absolute atomic E-state index is 5.98. The molecule has 5 nitrogen and oxygen atoms in total. The molecule has 1 saturated heterocycles. The molecule has 0 radical (unpaired) electrons. The Hall–Kier alpha value is -0.440. The summed E-state index contributed by atoms with van der Waals surface area (Å²) in [6, 6.07) is 2.32. The fraction of sp³-hybridized carbons (Fsp3) is 0.538. The van der Waals surface area contributed by atoms with Gasteiger partial charge in [-0.2, -0.15) is 4.98 Å². The van der Waals surface area contributed by atoms with E-state index < -0.39 is 0 Å². The molecule has 21 heavy (non-hydrogen) atoms. The van der Waals surface area contributed by atoms with Crippen molar-refractivity contribution in [3.8, 4) is 10.7 Å². The van der Waals surface area contributed by atoms with Crippen LogP contribution in [0.2, 0.25) is 0 Å². The fourth-order valence-corrected chi connectivity index (χ4v) is 4.57. The maximum Gasteiger partial charge on any atom is 0.245 e. The zero-order valence-electron chi connectivity index (χ0n) is 11.6.